The Hall–Kier alpha value is -1.36. The molecule has 0 saturated heterocycles. The van der Waals surface area contributed by atoms with Gasteiger partial charge >= 0.3 is 0 Å². The van der Waals surface area contributed by atoms with Crippen molar-refractivity contribution in [1.29, 1.82) is 0 Å². The Morgan fingerprint density at radius 1 is 1.04 bits per heavy atom. The Kier molecular flexibility index (Phi) is 3.92. The van der Waals surface area contributed by atoms with Gasteiger partial charge in [0.1, 0.15) is 16.5 Å². The van der Waals surface area contributed by atoms with E-state index in [0.29, 0.717) is 10.0 Å². The van der Waals surface area contributed by atoms with Crippen LogP contribution in [0.4, 0.5) is 11.5 Å². The fourth-order valence-electron chi connectivity index (χ4n) is 3.12. The highest BCUT2D eigenvalue weighted by Gasteiger charge is 2.20. The summed E-state index contributed by atoms with van der Waals surface area (Å²) < 4.78 is 0. The lowest BCUT2D eigenvalue weighted by Gasteiger charge is -2.13. The molecule has 0 saturated carbocycles. The molecule has 0 amide bonds. The monoisotopic (exact) mass is 363 g/mol. The second-order valence-corrected chi connectivity index (χ2v) is 7.75. The molecule has 0 atom stereocenters. The van der Waals surface area contributed by atoms with Gasteiger partial charge in [0.05, 0.1) is 5.39 Å². The van der Waals surface area contributed by atoms with Gasteiger partial charge in [0.2, 0.25) is 0 Å². The minimum atomic E-state index is 0.606. The van der Waals surface area contributed by atoms with E-state index in [1.165, 1.54) is 23.3 Å². The third kappa shape index (κ3) is 2.91. The SMILES string of the molecule is Cc1nc(Nc2cc(Cl)cc(Cl)c2)c2c3c(sc2n1)CCCC3. The first-order valence-corrected chi connectivity index (χ1v) is 9.19. The molecule has 1 aromatic carbocycles. The van der Waals surface area contributed by atoms with Crippen LogP contribution in [0.15, 0.2) is 18.2 Å². The van der Waals surface area contributed by atoms with E-state index in [1.807, 2.05) is 19.1 Å². The van der Waals surface area contributed by atoms with Gasteiger partial charge in [-0.3, -0.25) is 0 Å². The maximum absolute atomic E-state index is 6.10. The number of hydrogen-bond acceptors (Lipinski definition) is 4. The van der Waals surface area contributed by atoms with Gasteiger partial charge in [0.25, 0.3) is 0 Å². The van der Waals surface area contributed by atoms with Crippen molar-refractivity contribution >= 4 is 56.3 Å². The summed E-state index contributed by atoms with van der Waals surface area (Å²) in [5, 5.41) is 5.76. The highest BCUT2D eigenvalue weighted by Crippen LogP contribution is 2.39. The summed E-state index contributed by atoms with van der Waals surface area (Å²) in [5.74, 6) is 1.62. The highest BCUT2D eigenvalue weighted by molar-refractivity contribution is 7.19. The van der Waals surface area contributed by atoms with E-state index < -0.39 is 0 Å². The number of hydrogen-bond donors (Lipinski definition) is 1. The number of nitrogens with one attached hydrogen (secondary N) is 1. The average Bonchev–Trinajstić information content (AvgIpc) is 2.84. The topological polar surface area (TPSA) is 37.8 Å². The van der Waals surface area contributed by atoms with Gasteiger partial charge in [0.15, 0.2) is 0 Å². The molecule has 0 radical (unpaired) electrons. The van der Waals surface area contributed by atoms with Crippen LogP contribution in [0.2, 0.25) is 10.0 Å². The molecule has 2 aromatic heterocycles. The molecule has 1 aliphatic rings. The van der Waals surface area contributed by atoms with Crippen LogP contribution in [0.5, 0.6) is 0 Å². The van der Waals surface area contributed by atoms with Gasteiger partial charge < -0.3 is 5.32 Å². The summed E-state index contributed by atoms with van der Waals surface area (Å²) in [6, 6.07) is 5.44. The minimum absolute atomic E-state index is 0.606. The van der Waals surface area contributed by atoms with Crippen LogP contribution in [0.1, 0.15) is 29.1 Å². The molecule has 3 nitrogen and oxygen atoms in total. The summed E-state index contributed by atoms with van der Waals surface area (Å²) in [7, 11) is 0. The lowest BCUT2D eigenvalue weighted by molar-refractivity contribution is 0.700. The lowest BCUT2D eigenvalue weighted by atomic mass is 9.97. The number of anilines is 2. The number of rotatable bonds is 2. The molecule has 0 bridgehead atoms. The summed E-state index contributed by atoms with van der Waals surface area (Å²) >= 11 is 14.0. The van der Waals surface area contributed by atoms with Crippen molar-refractivity contribution in [2.24, 2.45) is 0 Å². The molecule has 1 N–H and O–H groups in total. The maximum atomic E-state index is 6.10. The largest absolute Gasteiger partial charge is 0.339 e. The number of nitrogens with zero attached hydrogens (tertiary/aromatic N) is 2. The number of aromatic nitrogens is 2. The molecule has 2 heterocycles. The number of thiophene rings is 1. The van der Waals surface area contributed by atoms with E-state index in [0.717, 1.165) is 40.4 Å². The van der Waals surface area contributed by atoms with Gasteiger partial charge in [-0.1, -0.05) is 23.2 Å². The van der Waals surface area contributed by atoms with E-state index >= 15 is 0 Å². The van der Waals surface area contributed by atoms with Gasteiger partial charge in [0, 0.05) is 20.6 Å². The molecule has 0 aliphatic heterocycles. The van der Waals surface area contributed by atoms with Crippen molar-refractivity contribution in [1.82, 2.24) is 9.97 Å². The first kappa shape index (κ1) is 15.2. The summed E-state index contributed by atoms with van der Waals surface area (Å²) in [6.07, 6.45) is 4.75. The molecule has 6 heteroatoms. The highest BCUT2D eigenvalue weighted by atomic mass is 35.5. The van der Waals surface area contributed by atoms with Crippen molar-refractivity contribution < 1.29 is 0 Å². The van der Waals surface area contributed by atoms with Crippen molar-refractivity contribution in [3.8, 4) is 0 Å². The van der Waals surface area contributed by atoms with Gasteiger partial charge in [-0.05, 0) is 56.4 Å². The Bertz CT molecular complexity index is 884. The molecular weight excluding hydrogens is 349 g/mol. The normalized spacial score (nSPS) is 14.0. The molecule has 4 rings (SSSR count). The first-order valence-electron chi connectivity index (χ1n) is 7.62. The summed E-state index contributed by atoms with van der Waals surface area (Å²) in [4.78, 5) is 11.8. The zero-order valence-electron chi connectivity index (χ0n) is 12.6. The molecule has 0 fully saturated rings. The molecule has 0 unspecified atom stereocenters. The Labute approximate surface area is 148 Å². The van der Waals surface area contributed by atoms with E-state index in [4.69, 9.17) is 23.2 Å². The minimum Gasteiger partial charge on any atom is -0.339 e. The zero-order chi connectivity index (χ0) is 16.0. The second kappa shape index (κ2) is 5.93. The standard InChI is InChI=1S/C17H15Cl2N3S/c1-9-20-16(22-12-7-10(18)6-11(19)8-12)15-13-4-2-3-5-14(13)23-17(15)21-9/h6-8H,2-5H2,1H3,(H,20,21,22). The predicted molar refractivity (Wildman–Crippen MR) is 98.5 cm³/mol. The zero-order valence-corrected chi connectivity index (χ0v) is 14.9. The Morgan fingerprint density at radius 3 is 2.57 bits per heavy atom. The van der Waals surface area contributed by atoms with E-state index in [9.17, 15) is 0 Å². The fourth-order valence-corrected chi connectivity index (χ4v) is 4.95. The smallest absolute Gasteiger partial charge is 0.143 e. The van der Waals surface area contributed by atoms with Crippen LogP contribution in [-0.2, 0) is 12.8 Å². The molecule has 0 spiro atoms. The number of aryl methyl sites for hydroxylation is 3. The van der Waals surface area contributed by atoms with Gasteiger partial charge in [-0.2, -0.15) is 0 Å². The average molecular weight is 364 g/mol. The molecule has 118 valence electrons. The van der Waals surface area contributed by atoms with E-state index in [2.05, 4.69) is 15.3 Å². The molecular formula is C17H15Cl2N3S. The number of benzene rings is 1. The van der Waals surface area contributed by atoms with Crippen LogP contribution < -0.4 is 5.32 Å². The van der Waals surface area contributed by atoms with Crippen molar-refractivity contribution in [2.75, 3.05) is 5.32 Å². The van der Waals surface area contributed by atoms with Crippen LogP contribution in [0.25, 0.3) is 10.2 Å². The molecule has 3 aromatic rings. The predicted octanol–water partition coefficient (Wildman–Crippen LogP) is 5.93. The maximum Gasteiger partial charge on any atom is 0.143 e. The van der Waals surface area contributed by atoms with E-state index in [-0.39, 0.29) is 0 Å². The fraction of sp³-hybridized carbons (Fsp3) is 0.294. The third-order valence-electron chi connectivity index (χ3n) is 4.05. The van der Waals surface area contributed by atoms with Gasteiger partial charge in [-0.15, -0.1) is 11.3 Å². The Morgan fingerprint density at radius 2 is 1.78 bits per heavy atom. The third-order valence-corrected chi connectivity index (χ3v) is 5.67. The van der Waals surface area contributed by atoms with Crippen LogP contribution in [-0.4, -0.2) is 9.97 Å². The lowest BCUT2D eigenvalue weighted by Crippen LogP contribution is -2.02. The van der Waals surface area contributed by atoms with Crippen LogP contribution in [0.3, 0.4) is 0 Å². The van der Waals surface area contributed by atoms with E-state index in [1.54, 1.807) is 17.4 Å². The van der Waals surface area contributed by atoms with Crippen LogP contribution >= 0.6 is 34.5 Å². The van der Waals surface area contributed by atoms with Crippen LogP contribution in [0, 0.1) is 6.92 Å². The second-order valence-electron chi connectivity index (χ2n) is 5.79. The summed E-state index contributed by atoms with van der Waals surface area (Å²) in [6.45, 7) is 1.92. The molecule has 23 heavy (non-hydrogen) atoms. The number of fused-ring (bicyclic) bond motifs is 3. The molecule has 1 aliphatic carbocycles. The quantitative estimate of drug-likeness (QED) is 0.612. The van der Waals surface area contributed by atoms with Crippen molar-refractivity contribution in [2.45, 2.75) is 32.6 Å². The van der Waals surface area contributed by atoms with Crippen molar-refractivity contribution in [3.63, 3.8) is 0 Å². The first-order chi connectivity index (χ1) is 11.1. The number of halogens is 2. The van der Waals surface area contributed by atoms with Crippen molar-refractivity contribution in [3.05, 3.63) is 44.5 Å². The van der Waals surface area contributed by atoms with Gasteiger partial charge in [-0.25, -0.2) is 9.97 Å². The Balaban J connectivity index is 1.86. The summed E-state index contributed by atoms with van der Waals surface area (Å²) in [5.41, 5.74) is 2.25.